The normalized spacial score (nSPS) is 10.7. The van der Waals surface area contributed by atoms with Crippen molar-refractivity contribution in [2.24, 2.45) is 0 Å². The number of benzene rings is 1. The van der Waals surface area contributed by atoms with Gasteiger partial charge in [-0.1, -0.05) is 24.3 Å². The molecule has 0 aliphatic rings. The standard InChI is InChI=1S/C19H19NO2S2/c1-22-14-15-5-2-6-16(11-15)19(21)20(12-17-7-3-9-23-17)13-18-8-4-10-24-18/h2-11H,12-14H2,1H3. The van der Waals surface area contributed by atoms with Crippen LogP contribution in [0.15, 0.2) is 59.3 Å². The lowest BCUT2D eigenvalue weighted by Crippen LogP contribution is -2.29. The number of ether oxygens (including phenoxy) is 1. The summed E-state index contributed by atoms with van der Waals surface area (Å²) >= 11 is 3.35. The van der Waals surface area contributed by atoms with Gasteiger partial charge in [0.05, 0.1) is 19.7 Å². The van der Waals surface area contributed by atoms with Gasteiger partial charge in [-0.3, -0.25) is 4.79 Å². The molecule has 1 aromatic carbocycles. The van der Waals surface area contributed by atoms with Crippen LogP contribution in [-0.2, 0) is 24.4 Å². The van der Waals surface area contributed by atoms with Crippen LogP contribution in [0.2, 0.25) is 0 Å². The molecule has 2 heterocycles. The molecule has 3 rings (SSSR count). The van der Waals surface area contributed by atoms with Crippen molar-refractivity contribution in [3.8, 4) is 0 Å². The Hall–Kier alpha value is -1.95. The molecule has 0 bridgehead atoms. The Morgan fingerprint density at radius 2 is 1.67 bits per heavy atom. The van der Waals surface area contributed by atoms with Crippen molar-refractivity contribution in [2.75, 3.05) is 7.11 Å². The molecule has 0 aliphatic carbocycles. The van der Waals surface area contributed by atoms with E-state index in [1.165, 1.54) is 9.75 Å². The number of rotatable bonds is 7. The molecular formula is C19H19NO2S2. The Kier molecular flexibility index (Phi) is 5.80. The van der Waals surface area contributed by atoms with Crippen LogP contribution in [0.25, 0.3) is 0 Å². The van der Waals surface area contributed by atoms with Crippen LogP contribution in [-0.4, -0.2) is 17.9 Å². The maximum Gasteiger partial charge on any atom is 0.254 e. The Morgan fingerprint density at radius 3 is 2.21 bits per heavy atom. The summed E-state index contributed by atoms with van der Waals surface area (Å²) in [7, 11) is 1.66. The first-order chi connectivity index (χ1) is 11.8. The highest BCUT2D eigenvalue weighted by Crippen LogP contribution is 2.20. The smallest absolute Gasteiger partial charge is 0.254 e. The van der Waals surface area contributed by atoms with E-state index in [0.717, 1.165) is 5.56 Å². The second kappa shape index (κ2) is 8.24. The second-order valence-corrected chi connectivity index (χ2v) is 7.52. The topological polar surface area (TPSA) is 29.5 Å². The van der Waals surface area contributed by atoms with E-state index in [-0.39, 0.29) is 5.91 Å². The number of hydrogen-bond donors (Lipinski definition) is 0. The number of amides is 1. The molecule has 2 aromatic heterocycles. The molecule has 0 fully saturated rings. The minimum atomic E-state index is 0.0507. The summed E-state index contributed by atoms with van der Waals surface area (Å²) in [4.78, 5) is 17.3. The maximum absolute atomic E-state index is 13.0. The van der Waals surface area contributed by atoms with Crippen molar-refractivity contribution in [1.82, 2.24) is 4.90 Å². The number of hydrogen-bond acceptors (Lipinski definition) is 4. The first kappa shape index (κ1) is 16.9. The van der Waals surface area contributed by atoms with E-state index in [1.807, 2.05) is 52.1 Å². The van der Waals surface area contributed by atoms with Crippen molar-refractivity contribution >= 4 is 28.6 Å². The van der Waals surface area contributed by atoms with Crippen molar-refractivity contribution < 1.29 is 9.53 Å². The zero-order chi connectivity index (χ0) is 16.8. The second-order valence-electron chi connectivity index (χ2n) is 5.45. The molecule has 0 aliphatic heterocycles. The van der Waals surface area contributed by atoms with E-state index in [2.05, 4.69) is 12.1 Å². The molecule has 3 aromatic rings. The van der Waals surface area contributed by atoms with E-state index < -0.39 is 0 Å². The molecule has 0 saturated carbocycles. The predicted molar refractivity (Wildman–Crippen MR) is 99.4 cm³/mol. The number of carbonyl (C=O) groups excluding carboxylic acids is 1. The molecule has 5 heteroatoms. The fourth-order valence-corrected chi connectivity index (χ4v) is 3.96. The molecule has 0 unspecified atom stereocenters. The van der Waals surface area contributed by atoms with Crippen LogP contribution in [0.4, 0.5) is 0 Å². The summed E-state index contributed by atoms with van der Waals surface area (Å²) in [5.74, 6) is 0.0507. The highest BCUT2D eigenvalue weighted by molar-refractivity contribution is 7.10. The lowest BCUT2D eigenvalue weighted by Gasteiger charge is -2.22. The SMILES string of the molecule is COCc1cccc(C(=O)N(Cc2cccs2)Cc2cccs2)c1. The van der Waals surface area contributed by atoms with Crippen molar-refractivity contribution in [3.05, 3.63) is 80.2 Å². The molecule has 0 radical (unpaired) electrons. The highest BCUT2D eigenvalue weighted by atomic mass is 32.1. The van der Waals surface area contributed by atoms with Gasteiger partial charge in [0.1, 0.15) is 0 Å². The summed E-state index contributed by atoms with van der Waals surface area (Å²) in [6, 6.07) is 15.9. The molecule has 3 nitrogen and oxygen atoms in total. The fourth-order valence-electron chi connectivity index (χ4n) is 2.52. The minimum absolute atomic E-state index is 0.0507. The van der Waals surface area contributed by atoms with Crippen LogP contribution < -0.4 is 0 Å². The van der Waals surface area contributed by atoms with E-state index >= 15 is 0 Å². The first-order valence-corrected chi connectivity index (χ1v) is 9.44. The Bertz CT molecular complexity index is 730. The zero-order valence-electron chi connectivity index (χ0n) is 13.5. The average Bonchev–Trinajstić information content (AvgIpc) is 3.28. The monoisotopic (exact) mass is 357 g/mol. The van der Waals surface area contributed by atoms with Gasteiger partial charge in [0.15, 0.2) is 0 Å². The fraction of sp³-hybridized carbons (Fsp3) is 0.211. The van der Waals surface area contributed by atoms with Crippen molar-refractivity contribution in [3.63, 3.8) is 0 Å². The van der Waals surface area contributed by atoms with Crippen LogP contribution >= 0.6 is 22.7 Å². The number of nitrogens with zero attached hydrogens (tertiary/aromatic N) is 1. The lowest BCUT2D eigenvalue weighted by atomic mass is 10.1. The Morgan fingerprint density at radius 1 is 1.00 bits per heavy atom. The van der Waals surface area contributed by atoms with Crippen LogP contribution in [0.3, 0.4) is 0 Å². The van der Waals surface area contributed by atoms with Gasteiger partial charge < -0.3 is 9.64 Å². The molecule has 24 heavy (non-hydrogen) atoms. The van der Waals surface area contributed by atoms with Gasteiger partial charge in [-0.15, -0.1) is 22.7 Å². The first-order valence-electron chi connectivity index (χ1n) is 7.68. The van der Waals surface area contributed by atoms with Crippen LogP contribution in [0.5, 0.6) is 0 Å². The molecule has 0 atom stereocenters. The van der Waals surface area contributed by atoms with Gasteiger partial charge in [0.25, 0.3) is 5.91 Å². The largest absolute Gasteiger partial charge is 0.380 e. The van der Waals surface area contributed by atoms with Gasteiger partial charge in [-0.05, 0) is 40.6 Å². The van der Waals surface area contributed by atoms with Gasteiger partial charge in [0.2, 0.25) is 0 Å². The zero-order valence-corrected chi connectivity index (χ0v) is 15.1. The third-order valence-corrected chi connectivity index (χ3v) is 5.35. The molecule has 0 saturated heterocycles. The third kappa shape index (κ3) is 4.32. The quantitative estimate of drug-likeness (QED) is 0.608. The van der Waals surface area contributed by atoms with E-state index in [0.29, 0.717) is 25.3 Å². The van der Waals surface area contributed by atoms with Crippen LogP contribution in [0, 0.1) is 0 Å². The van der Waals surface area contributed by atoms with E-state index in [9.17, 15) is 4.79 Å². The lowest BCUT2D eigenvalue weighted by molar-refractivity contribution is 0.0733. The summed E-state index contributed by atoms with van der Waals surface area (Å²) in [6.45, 7) is 1.77. The summed E-state index contributed by atoms with van der Waals surface area (Å²) in [5.41, 5.74) is 1.72. The van der Waals surface area contributed by atoms with Crippen molar-refractivity contribution in [2.45, 2.75) is 19.7 Å². The molecule has 0 N–H and O–H groups in total. The van der Waals surface area contributed by atoms with Gasteiger partial charge in [-0.2, -0.15) is 0 Å². The van der Waals surface area contributed by atoms with Gasteiger partial charge >= 0.3 is 0 Å². The van der Waals surface area contributed by atoms with E-state index in [1.54, 1.807) is 29.8 Å². The molecule has 0 spiro atoms. The average molecular weight is 358 g/mol. The Balaban J connectivity index is 1.83. The Labute approximate surface area is 150 Å². The van der Waals surface area contributed by atoms with Crippen LogP contribution in [0.1, 0.15) is 25.7 Å². The number of carbonyl (C=O) groups is 1. The van der Waals surface area contributed by atoms with E-state index in [4.69, 9.17) is 4.74 Å². The van der Waals surface area contributed by atoms with Crippen molar-refractivity contribution in [1.29, 1.82) is 0 Å². The summed E-state index contributed by atoms with van der Waals surface area (Å²) < 4.78 is 5.17. The molecule has 124 valence electrons. The number of thiophene rings is 2. The van der Waals surface area contributed by atoms with Gasteiger partial charge in [0, 0.05) is 22.4 Å². The molecular weight excluding hydrogens is 338 g/mol. The third-order valence-electron chi connectivity index (χ3n) is 3.63. The number of methoxy groups -OCH3 is 1. The van der Waals surface area contributed by atoms with Gasteiger partial charge in [-0.25, -0.2) is 0 Å². The highest BCUT2D eigenvalue weighted by Gasteiger charge is 2.18. The molecule has 1 amide bonds. The maximum atomic E-state index is 13.0. The predicted octanol–water partition coefficient (Wildman–Crippen LogP) is 4.80. The summed E-state index contributed by atoms with van der Waals surface area (Å²) in [5, 5.41) is 4.09. The minimum Gasteiger partial charge on any atom is -0.380 e. The summed E-state index contributed by atoms with van der Waals surface area (Å²) in [6.07, 6.45) is 0.